The van der Waals surface area contributed by atoms with E-state index in [0.29, 0.717) is 6.67 Å². The summed E-state index contributed by atoms with van der Waals surface area (Å²) >= 11 is 0. The first kappa shape index (κ1) is 7.62. The fraction of sp³-hybridized carbons (Fsp3) is 0.182. The van der Waals surface area contributed by atoms with Crippen LogP contribution < -0.4 is 10.2 Å². The molecule has 70 valence electrons. The van der Waals surface area contributed by atoms with Gasteiger partial charge in [0.05, 0.1) is 17.9 Å². The zero-order chi connectivity index (χ0) is 9.54. The largest absolute Gasteiger partial charge is 0.349 e. The van der Waals surface area contributed by atoms with Crippen LogP contribution >= 0.6 is 0 Å². The fourth-order valence-electron chi connectivity index (χ4n) is 2.04. The first-order chi connectivity index (χ1) is 6.86. The highest BCUT2D eigenvalue weighted by Crippen LogP contribution is 2.31. The second-order valence-corrected chi connectivity index (χ2v) is 3.53. The molecule has 0 aliphatic carbocycles. The number of nitrogens with zero attached hydrogens (tertiary/aromatic N) is 1. The highest BCUT2D eigenvalue weighted by Gasteiger charge is 2.25. The first-order valence-corrected chi connectivity index (χ1v) is 4.69. The molecule has 0 radical (unpaired) electrons. The molecule has 0 aromatic heterocycles. The number of rotatable bonds is 0. The van der Waals surface area contributed by atoms with E-state index in [1.807, 2.05) is 18.2 Å². The monoisotopic (exact) mass is 186 g/mol. The number of hydrogen-bond donors (Lipinski definition) is 1. The number of hydrogen-bond acceptors (Lipinski definition) is 2. The minimum atomic E-state index is 0.0356. The van der Waals surface area contributed by atoms with Crippen LogP contribution in [0.5, 0.6) is 0 Å². The molecule has 1 N–H and O–H groups in total. The molecular formula is C11H10N2O. The van der Waals surface area contributed by atoms with E-state index < -0.39 is 0 Å². The minimum Gasteiger partial charge on any atom is -0.349 e. The maximum absolute atomic E-state index is 11.6. The molecule has 0 spiro atoms. The summed E-state index contributed by atoms with van der Waals surface area (Å²) in [6.45, 7) is 1.50. The lowest BCUT2D eigenvalue weighted by Crippen LogP contribution is -2.44. The van der Waals surface area contributed by atoms with Gasteiger partial charge in [0, 0.05) is 6.54 Å². The van der Waals surface area contributed by atoms with Gasteiger partial charge in [-0.1, -0.05) is 24.3 Å². The molecule has 1 aromatic rings. The quantitative estimate of drug-likeness (QED) is 0.660. The van der Waals surface area contributed by atoms with Crippen LogP contribution in [0.3, 0.4) is 0 Å². The molecule has 0 atom stereocenters. The van der Waals surface area contributed by atoms with Crippen molar-refractivity contribution in [2.75, 3.05) is 18.1 Å². The minimum absolute atomic E-state index is 0.0356. The predicted molar refractivity (Wildman–Crippen MR) is 55.2 cm³/mol. The summed E-state index contributed by atoms with van der Waals surface area (Å²) in [6, 6.07) is 5.84. The van der Waals surface area contributed by atoms with E-state index in [1.54, 1.807) is 0 Å². The molecule has 3 heteroatoms. The maximum Gasteiger partial charge on any atom is 0.254 e. The zero-order valence-corrected chi connectivity index (χ0v) is 7.66. The normalized spacial score (nSPS) is 17.7. The van der Waals surface area contributed by atoms with Gasteiger partial charge < -0.3 is 10.2 Å². The molecule has 0 saturated heterocycles. The Bertz CT molecular complexity index is 437. The molecule has 3 rings (SSSR count). The SMILES string of the molecule is O=C1NCN2CC=Cc3cccc1c32. The highest BCUT2D eigenvalue weighted by molar-refractivity contribution is 6.03. The van der Waals surface area contributed by atoms with Crippen molar-refractivity contribution >= 4 is 17.7 Å². The first-order valence-electron chi connectivity index (χ1n) is 4.69. The highest BCUT2D eigenvalue weighted by atomic mass is 16.2. The summed E-state index contributed by atoms with van der Waals surface area (Å²) in [4.78, 5) is 13.7. The number of amides is 1. The second kappa shape index (κ2) is 2.61. The van der Waals surface area contributed by atoms with Gasteiger partial charge in [-0.2, -0.15) is 0 Å². The molecule has 0 bridgehead atoms. The number of benzene rings is 1. The molecule has 0 saturated carbocycles. The Morgan fingerprint density at radius 1 is 1.36 bits per heavy atom. The van der Waals surface area contributed by atoms with E-state index in [-0.39, 0.29) is 5.91 Å². The smallest absolute Gasteiger partial charge is 0.254 e. The van der Waals surface area contributed by atoms with E-state index in [0.717, 1.165) is 23.4 Å². The van der Waals surface area contributed by atoms with Crippen LogP contribution in [0.1, 0.15) is 15.9 Å². The van der Waals surface area contributed by atoms with Crippen molar-refractivity contribution in [1.29, 1.82) is 0 Å². The summed E-state index contributed by atoms with van der Waals surface area (Å²) in [7, 11) is 0. The van der Waals surface area contributed by atoms with E-state index in [2.05, 4.69) is 22.4 Å². The van der Waals surface area contributed by atoms with Crippen molar-refractivity contribution in [2.45, 2.75) is 0 Å². The topological polar surface area (TPSA) is 32.3 Å². The van der Waals surface area contributed by atoms with Crippen molar-refractivity contribution in [3.05, 3.63) is 35.4 Å². The van der Waals surface area contributed by atoms with Crippen molar-refractivity contribution in [1.82, 2.24) is 5.32 Å². The number of para-hydroxylation sites is 1. The van der Waals surface area contributed by atoms with Gasteiger partial charge in [-0.25, -0.2) is 0 Å². The molecular weight excluding hydrogens is 176 g/mol. The Balaban J connectivity index is 2.29. The van der Waals surface area contributed by atoms with Crippen molar-refractivity contribution in [3.8, 4) is 0 Å². The van der Waals surface area contributed by atoms with E-state index >= 15 is 0 Å². The van der Waals surface area contributed by atoms with Crippen molar-refractivity contribution in [3.63, 3.8) is 0 Å². The average Bonchev–Trinajstić information content (AvgIpc) is 2.24. The Morgan fingerprint density at radius 2 is 2.29 bits per heavy atom. The third kappa shape index (κ3) is 0.894. The van der Waals surface area contributed by atoms with Crippen molar-refractivity contribution in [2.24, 2.45) is 0 Å². The number of carbonyl (C=O) groups is 1. The lowest BCUT2D eigenvalue weighted by atomic mass is 10.0. The second-order valence-electron chi connectivity index (χ2n) is 3.53. The number of anilines is 1. The Labute approximate surface area is 82.0 Å². The van der Waals surface area contributed by atoms with Crippen molar-refractivity contribution < 1.29 is 4.79 Å². The number of carbonyl (C=O) groups excluding carboxylic acids is 1. The summed E-state index contributed by atoms with van der Waals surface area (Å²) in [5, 5.41) is 2.85. The van der Waals surface area contributed by atoms with Crippen LogP contribution in [0.4, 0.5) is 5.69 Å². The molecule has 2 aliphatic rings. The molecule has 3 nitrogen and oxygen atoms in total. The Hall–Kier alpha value is -1.77. The molecule has 1 aromatic carbocycles. The third-order valence-corrected chi connectivity index (χ3v) is 2.68. The van der Waals surface area contributed by atoms with Crippen LogP contribution in [0.2, 0.25) is 0 Å². The molecule has 1 amide bonds. The van der Waals surface area contributed by atoms with Gasteiger partial charge >= 0.3 is 0 Å². The Kier molecular flexibility index (Phi) is 1.42. The predicted octanol–water partition coefficient (Wildman–Crippen LogP) is 1.22. The molecule has 0 unspecified atom stereocenters. The van der Waals surface area contributed by atoms with Gasteiger partial charge in [0.15, 0.2) is 0 Å². The van der Waals surface area contributed by atoms with Crippen LogP contribution in [-0.4, -0.2) is 19.1 Å². The van der Waals surface area contributed by atoms with Gasteiger partial charge in [-0.3, -0.25) is 4.79 Å². The lowest BCUT2D eigenvalue weighted by molar-refractivity contribution is 0.0948. The average molecular weight is 186 g/mol. The molecule has 2 heterocycles. The van der Waals surface area contributed by atoms with E-state index in [1.165, 1.54) is 0 Å². The van der Waals surface area contributed by atoms with Crippen LogP contribution in [0.25, 0.3) is 6.08 Å². The molecule has 2 aliphatic heterocycles. The third-order valence-electron chi connectivity index (χ3n) is 2.68. The molecule has 14 heavy (non-hydrogen) atoms. The van der Waals surface area contributed by atoms with Gasteiger partial charge in [0.1, 0.15) is 0 Å². The van der Waals surface area contributed by atoms with Crippen LogP contribution in [0.15, 0.2) is 24.3 Å². The summed E-state index contributed by atoms with van der Waals surface area (Å²) < 4.78 is 0. The van der Waals surface area contributed by atoms with Crippen LogP contribution in [-0.2, 0) is 0 Å². The van der Waals surface area contributed by atoms with Crippen LogP contribution in [0, 0.1) is 0 Å². The van der Waals surface area contributed by atoms with Gasteiger partial charge in [0.2, 0.25) is 0 Å². The van der Waals surface area contributed by atoms with Gasteiger partial charge in [0.25, 0.3) is 5.91 Å². The fourth-order valence-corrected chi connectivity index (χ4v) is 2.04. The summed E-state index contributed by atoms with van der Waals surface area (Å²) in [5.74, 6) is 0.0356. The van der Waals surface area contributed by atoms with Gasteiger partial charge in [-0.15, -0.1) is 0 Å². The lowest BCUT2D eigenvalue weighted by Gasteiger charge is -2.33. The summed E-state index contributed by atoms with van der Waals surface area (Å²) in [5.41, 5.74) is 3.01. The van der Waals surface area contributed by atoms with E-state index in [4.69, 9.17) is 0 Å². The molecule has 0 fully saturated rings. The Morgan fingerprint density at radius 3 is 3.21 bits per heavy atom. The van der Waals surface area contributed by atoms with E-state index in [9.17, 15) is 4.79 Å². The van der Waals surface area contributed by atoms with Gasteiger partial charge in [-0.05, 0) is 11.6 Å². The number of nitrogens with one attached hydrogen (secondary N) is 1. The standard InChI is InChI=1S/C11H10N2O/c14-11-9-5-1-3-8-4-2-6-13(7-12-11)10(8)9/h1-5H,6-7H2,(H,12,14). The zero-order valence-electron chi connectivity index (χ0n) is 7.66. The maximum atomic E-state index is 11.6. The summed E-state index contributed by atoms with van der Waals surface area (Å²) in [6.07, 6.45) is 4.19.